The lowest BCUT2D eigenvalue weighted by Gasteiger charge is -2.23. The number of carbonyl (C=O) groups excluding carboxylic acids is 2. The first-order valence-corrected chi connectivity index (χ1v) is 10.7. The Morgan fingerprint density at radius 3 is 2.52 bits per heavy atom. The number of allylic oxidation sites excluding steroid dienone is 2. The van der Waals surface area contributed by atoms with Crippen LogP contribution >= 0.6 is 11.8 Å². The molecule has 0 fully saturated rings. The second kappa shape index (κ2) is 8.11. The third kappa shape index (κ3) is 3.99. The molecule has 1 aliphatic rings. The van der Waals surface area contributed by atoms with Crippen molar-refractivity contribution in [3.63, 3.8) is 0 Å². The van der Waals surface area contributed by atoms with Crippen molar-refractivity contribution in [2.24, 2.45) is 0 Å². The van der Waals surface area contributed by atoms with Crippen LogP contribution in [0.2, 0.25) is 0 Å². The van der Waals surface area contributed by atoms with E-state index in [1.807, 2.05) is 33.0 Å². The van der Waals surface area contributed by atoms with Crippen LogP contribution in [0.1, 0.15) is 55.1 Å². The SMILES string of the molecule is CCc1nc(C)c(C(C)=O)c(SCC(=O)C=C2N(C)c3ccccc3C2(C)C)n1. The summed E-state index contributed by atoms with van der Waals surface area (Å²) >= 11 is 1.31. The van der Waals surface area contributed by atoms with Gasteiger partial charge in [-0.2, -0.15) is 0 Å². The number of hydrogen-bond donors (Lipinski definition) is 0. The van der Waals surface area contributed by atoms with Gasteiger partial charge in [-0.15, -0.1) is 0 Å². The minimum absolute atomic E-state index is 0.00143. The summed E-state index contributed by atoms with van der Waals surface area (Å²) in [5.41, 5.74) is 4.26. The third-order valence-corrected chi connectivity index (χ3v) is 6.36. The molecule has 1 aromatic carbocycles. The molecule has 0 unspecified atom stereocenters. The molecule has 0 N–H and O–H groups in total. The molecule has 6 heteroatoms. The number of anilines is 1. The number of para-hydroxylation sites is 1. The molecule has 152 valence electrons. The summed E-state index contributed by atoms with van der Waals surface area (Å²) in [6.07, 6.45) is 2.41. The number of ketones is 2. The number of nitrogens with zero attached hydrogens (tertiary/aromatic N) is 3. The zero-order valence-electron chi connectivity index (χ0n) is 17.9. The Morgan fingerprint density at radius 1 is 1.21 bits per heavy atom. The number of Topliss-reactive ketones (excluding diaryl/α,β-unsaturated/α-hetero) is 1. The number of carbonyl (C=O) groups is 2. The molecule has 3 rings (SSSR count). The maximum absolute atomic E-state index is 12.8. The minimum Gasteiger partial charge on any atom is -0.347 e. The lowest BCUT2D eigenvalue weighted by Crippen LogP contribution is -2.24. The highest BCUT2D eigenvalue weighted by molar-refractivity contribution is 8.00. The maximum Gasteiger partial charge on any atom is 0.167 e. The minimum atomic E-state index is -0.239. The zero-order chi connectivity index (χ0) is 21.3. The van der Waals surface area contributed by atoms with Crippen molar-refractivity contribution >= 4 is 29.0 Å². The summed E-state index contributed by atoms with van der Waals surface area (Å²) in [6.45, 7) is 9.58. The lowest BCUT2D eigenvalue weighted by atomic mass is 9.83. The molecule has 29 heavy (non-hydrogen) atoms. The quantitative estimate of drug-likeness (QED) is 0.302. The molecule has 0 saturated heterocycles. The number of likely N-dealkylation sites (N-methyl/N-ethyl adjacent to an activating group) is 1. The highest BCUT2D eigenvalue weighted by Gasteiger charge is 2.38. The Morgan fingerprint density at radius 2 is 1.90 bits per heavy atom. The molecule has 0 saturated carbocycles. The van der Waals surface area contributed by atoms with E-state index >= 15 is 0 Å². The molecule has 0 bridgehead atoms. The van der Waals surface area contributed by atoms with Gasteiger partial charge < -0.3 is 4.90 Å². The Balaban J connectivity index is 1.84. The summed E-state index contributed by atoms with van der Waals surface area (Å²) < 4.78 is 0. The summed E-state index contributed by atoms with van der Waals surface area (Å²) in [5.74, 6) is 0.837. The fourth-order valence-corrected chi connectivity index (χ4v) is 4.83. The van der Waals surface area contributed by atoms with Gasteiger partial charge in [0.15, 0.2) is 11.6 Å². The van der Waals surface area contributed by atoms with E-state index in [1.54, 1.807) is 6.08 Å². The van der Waals surface area contributed by atoms with Crippen molar-refractivity contribution < 1.29 is 9.59 Å². The van der Waals surface area contributed by atoms with E-state index < -0.39 is 0 Å². The van der Waals surface area contributed by atoms with Gasteiger partial charge in [0, 0.05) is 36.3 Å². The monoisotopic (exact) mass is 409 g/mol. The number of benzene rings is 1. The van der Waals surface area contributed by atoms with Crippen molar-refractivity contribution in [3.8, 4) is 0 Å². The number of rotatable bonds is 6. The largest absolute Gasteiger partial charge is 0.347 e. The summed E-state index contributed by atoms with van der Waals surface area (Å²) in [6, 6.07) is 8.23. The lowest BCUT2D eigenvalue weighted by molar-refractivity contribution is -0.112. The van der Waals surface area contributed by atoms with E-state index in [0.29, 0.717) is 28.5 Å². The third-order valence-electron chi connectivity index (χ3n) is 5.36. The van der Waals surface area contributed by atoms with Crippen LogP contribution in [-0.2, 0) is 16.6 Å². The van der Waals surface area contributed by atoms with Crippen LogP contribution in [0, 0.1) is 6.92 Å². The Bertz CT molecular complexity index is 1010. The second-order valence-electron chi connectivity index (χ2n) is 7.80. The van der Waals surface area contributed by atoms with Gasteiger partial charge in [0.1, 0.15) is 10.9 Å². The Kier molecular flexibility index (Phi) is 5.94. The first-order chi connectivity index (χ1) is 13.7. The number of aromatic nitrogens is 2. The van der Waals surface area contributed by atoms with Gasteiger partial charge in [0.2, 0.25) is 0 Å². The van der Waals surface area contributed by atoms with Crippen LogP contribution in [0.3, 0.4) is 0 Å². The van der Waals surface area contributed by atoms with Crippen LogP contribution in [0.4, 0.5) is 5.69 Å². The molecule has 5 nitrogen and oxygen atoms in total. The Hall–Kier alpha value is -2.47. The number of fused-ring (bicyclic) bond motifs is 1. The molecule has 2 aromatic rings. The molecule has 0 atom stereocenters. The predicted molar refractivity (Wildman–Crippen MR) is 118 cm³/mol. The number of aryl methyl sites for hydroxylation is 2. The second-order valence-corrected chi connectivity index (χ2v) is 8.76. The molecule has 0 aliphatic carbocycles. The molecule has 0 amide bonds. The number of hydrogen-bond acceptors (Lipinski definition) is 6. The van der Waals surface area contributed by atoms with Crippen molar-refractivity contribution in [2.75, 3.05) is 17.7 Å². The molecule has 0 radical (unpaired) electrons. The molecule has 2 heterocycles. The predicted octanol–water partition coefficient (Wildman–Crippen LogP) is 4.52. The van der Waals surface area contributed by atoms with E-state index in [2.05, 4.69) is 40.8 Å². The van der Waals surface area contributed by atoms with Crippen molar-refractivity contribution in [1.29, 1.82) is 0 Å². The highest BCUT2D eigenvalue weighted by Crippen LogP contribution is 2.46. The van der Waals surface area contributed by atoms with Gasteiger partial charge in [-0.1, -0.05) is 50.7 Å². The summed E-state index contributed by atoms with van der Waals surface area (Å²) in [5, 5.41) is 0.593. The molecular formula is C23H27N3O2S. The van der Waals surface area contributed by atoms with Crippen LogP contribution in [0.15, 0.2) is 41.1 Å². The molecular weight excluding hydrogens is 382 g/mol. The topological polar surface area (TPSA) is 63.2 Å². The average Bonchev–Trinajstić information content (AvgIpc) is 2.86. The average molecular weight is 410 g/mol. The van der Waals surface area contributed by atoms with E-state index in [1.165, 1.54) is 24.2 Å². The van der Waals surface area contributed by atoms with Crippen molar-refractivity contribution in [3.05, 3.63) is 58.7 Å². The fraction of sp³-hybridized carbons (Fsp3) is 0.391. The Labute approximate surface area is 176 Å². The molecule has 0 spiro atoms. The van der Waals surface area contributed by atoms with Gasteiger partial charge in [0.05, 0.1) is 17.0 Å². The van der Waals surface area contributed by atoms with E-state index in [4.69, 9.17) is 0 Å². The van der Waals surface area contributed by atoms with Crippen LogP contribution in [0.5, 0.6) is 0 Å². The van der Waals surface area contributed by atoms with E-state index in [-0.39, 0.29) is 22.7 Å². The van der Waals surface area contributed by atoms with Gasteiger partial charge >= 0.3 is 0 Å². The maximum atomic E-state index is 12.8. The number of thioether (sulfide) groups is 1. The normalized spacial score (nSPS) is 16.2. The van der Waals surface area contributed by atoms with Gasteiger partial charge in [-0.25, -0.2) is 9.97 Å². The van der Waals surface area contributed by atoms with Crippen molar-refractivity contribution in [1.82, 2.24) is 9.97 Å². The van der Waals surface area contributed by atoms with Crippen LogP contribution in [0.25, 0.3) is 0 Å². The van der Waals surface area contributed by atoms with Gasteiger partial charge in [-0.05, 0) is 25.5 Å². The smallest absolute Gasteiger partial charge is 0.167 e. The van der Waals surface area contributed by atoms with Crippen LogP contribution < -0.4 is 4.90 Å². The summed E-state index contributed by atoms with van der Waals surface area (Å²) in [4.78, 5) is 35.9. The van der Waals surface area contributed by atoms with Crippen LogP contribution in [-0.4, -0.2) is 34.3 Å². The summed E-state index contributed by atoms with van der Waals surface area (Å²) in [7, 11) is 2.00. The molecule has 1 aliphatic heterocycles. The van der Waals surface area contributed by atoms with E-state index in [0.717, 1.165) is 11.4 Å². The zero-order valence-corrected chi connectivity index (χ0v) is 18.7. The fourth-order valence-electron chi connectivity index (χ4n) is 3.86. The van der Waals surface area contributed by atoms with Gasteiger partial charge in [-0.3, -0.25) is 9.59 Å². The van der Waals surface area contributed by atoms with Gasteiger partial charge in [0.25, 0.3) is 0 Å². The van der Waals surface area contributed by atoms with Crippen molar-refractivity contribution in [2.45, 2.75) is 51.5 Å². The first-order valence-electron chi connectivity index (χ1n) is 9.76. The molecule has 1 aromatic heterocycles. The van der Waals surface area contributed by atoms with E-state index in [9.17, 15) is 9.59 Å². The highest BCUT2D eigenvalue weighted by atomic mass is 32.2. The first kappa shape index (κ1) is 21.2. The standard InChI is InChI=1S/C23H27N3O2S/c1-7-20-24-14(2)21(15(3)27)22(25-20)29-13-16(28)12-19-23(4,5)17-10-8-9-11-18(17)26(19)6/h8-12H,7,13H2,1-6H3.